The molecule has 0 aromatic carbocycles. The third-order valence-corrected chi connectivity index (χ3v) is 3.70. The molecule has 2 atom stereocenters. The number of alkyl halides is 1. The highest BCUT2D eigenvalue weighted by Crippen LogP contribution is 2.26. The van der Waals surface area contributed by atoms with Gasteiger partial charge in [-0.3, -0.25) is 0 Å². The standard InChI is InChI=1S/C12H22FNO/c13-12(10-5-8-15-9-6-10)11-4-2-1-3-7-14-11/h10-12,14H,1-9H2. The van der Waals surface area contributed by atoms with Crippen LogP contribution in [0.2, 0.25) is 0 Å². The van der Waals surface area contributed by atoms with Crippen LogP contribution >= 0.6 is 0 Å². The summed E-state index contributed by atoms with van der Waals surface area (Å²) in [5, 5.41) is 3.36. The van der Waals surface area contributed by atoms with Gasteiger partial charge in [-0.25, -0.2) is 4.39 Å². The molecule has 0 aromatic heterocycles. The highest BCUT2D eigenvalue weighted by molar-refractivity contribution is 4.84. The third kappa shape index (κ3) is 3.15. The average molecular weight is 215 g/mol. The molecule has 2 saturated heterocycles. The Bertz CT molecular complexity index is 174. The molecule has 0 aromatic rings. The summed E-state index contributed by atoms with van der Waals surface area (Å²) in [4.78, 5) is 0. The van der Waals surface area contributed by atoms with Crippen molar-refractivity contribution in [1.29, 1.82) is 0 Å². The Morgan fingerprint density at radius 3 is 2.67 bits per heavy atom. The number of halogens is 1. The monoisotopic (exact) mass is 215 g/mol. The van der Waals surface area contributed by atoms with Crippen molar-refractivity contribution in [2.45, 2.75) is 50.7 Å². The van der Waals surface area contributed by atoms with Gasteiger partial charge >= 0.3 is 0 Å². The van der Waals surface area contributed by atoms with Crippen LogP contribution in [0, 0.1) is 5.92 Å². The summed E-state index contributed by atoms with van der Waals surface area (Å²) in [6.45, 7) is 2.49. The molecule has 0 saturated carbocycles. The first-order chi connectivity index (χ1) is 7.38. The molecule has 0 spiro atoms. The Kier molecular flexibility index (Phi) is 4.39. The average Bonchev–Trinajstić information content (AvgIpc) is 2.58. The molecule has 2 fully saturated rings. The summed E-state index contributed by atoms with van der Waals surface area (Å²) in [7, 11) is 0. The van der Waals surface area contributed by atoms with Crippen molar-refractivity contribution in [3.05, 3.63) is 0 Å². The zero-order valence-electron chi connectivity index (χ0n) is 9.38. The minimum Gasteiger partial charge on any atom is -0.381 e. The first-order valence-electron chi connectivity index (χ1n) is 6.33. The van der Waals surface area contributed by atoms with Crippen LogP contribution < -0.4 is 5.32 Å². The first kappa shape index (κ1) is 11.3. The SMILES string of the molecule is FC(C1CCOCC1)C1CCCCCN1. The van der Waals surface area contributed by atoms with Crippen molar-refractivity contribution in [1.82, 2.24) is 5.32 Å². The largest absolute Gasteiger partial charge is 0.381 e. The number of hydrogen-bond donors (Lipinski definition) is 1. The second-order valence-corrected chi connectivity index (χ2v) is 4.80. The molecular weight excluding hydrogens is 193 g/mol. The van der Waals surface area contributed by atoms with E-state index in [2.05, 4.69) is 5.32 Å². The van der Waals surface area contributed by atoms with Gasteiger partial charge in [0.1, 0.15) is 6.17 Å². The van der Waals surface area contributed by atoms with Gasteiger partial charge < -0.3 is 10.1 Å². The van der Waals surface area contributed by atoms with E-state index in [1.54, 1.807) is 0 Å². The van der Waals surface area contributed by atoms with Crippen molar-refractivity contribution in [2.24, 2.45) is 5.92 Å². The van der Waals surface area contributed by atoms with Crippen LogP contribution in [0.25, 0.3) is 0 Å². The Balaban J connectivity index is 1.83. The molecule has 0 radical (unpaired) electrons. The zero-order chi connectivity index (χ0) is 10.5. The number of hydrogen-bond acceptors (Lipinski definition) is 2. The highest BCUT2D eigenvalue weighted by Gasteiger charge is 2.30. The van der Waals surface area contributed by atoms with Crippen LogP contribution in [0.1, 0.15) is 38.5 Å². The molecule has 0 amide bonds. The summed E-state index contributed by atoms with van der Waals surface area (Å²) >= 11 is 0. The van der Waals surface area contributed by atoms with Crippen LogP contribution in [-0.2, 0) is 4.74 Å². The fourth-order valence-electron chi connectivity index (χ4n) is 2.69. The van der Waals surface area contributed by atoms with Crippen molar-refractivity contribution < 1.29 is 9.13 Å². The fraction of sp³-hybridized carbons (Fsp3) is 1.00. The van der Waals surface area contributed by atoms with Crippen molar-refractivity contribution in [3.8, 4) is 0 Å². The van der Waals surface area contributed by atoms with Gasteiger partial charge in [-0.1, -0.05) is 12.8 Å². The van der Waals surface area contributed by atoms with Crippen molar-refractivity contribution >= 4 is 0 Å². The molecule has 15 heavy (non-hydrogen) atoms. The van der Waals surface area contributed by atoms with Gasteiger partial charge in [0.25, 0.3) is 0 Å². The van der Waals surface area contributed by atoms with Gasteiger partial charge in [0.2, 0.25) is 0 Å². The van der Waals surface area contributed by atoms with E-state index in [0.717, 1.165) is 39.0 Å². The van der Waals surface area contributed by atoms with E-state index in [9.17, 15) is 4.39 Å². The number of nitrogens with one attached hydrogen (secondary N) is 1. The predicted molar refractivity (Wildman–Crippen MR) is 58.7 cm³/mol. The van der Waals surface area contributed by atoms with Gasteiger partial charge in [0.15, 0.2) is 0 Å². The lowest BCUT2D eigenvalue weighted by atomic mass is 9.89. The fourth-order valence-corrected chi connectivity index (χ4v) is 2.69. The van der Waals surface area contributed by atoms with E-state index in [-0.39, 0.29) is 12.0 Å². The van der Waals surface area contributed by atoms with Crippen LogP contribution in [0.3, 0.4) is 0 Å². The van der Waals surface area contributed by atoms with Crippen LogP contribution in [0.15, 0.2) is 0 Å². The Morgan fingerprint density at radius 1 is 1.07 bits per heavy atom. The minimum atomic E-state index is -0.660. The number of rotatable bonds is 2. The molecule has 2 nitrogen and oxygen atoms in total. The van der Waals surface area contributed by atoms with Crippen molar-refractivity contribution in [3.63, 3.8) is 0 Å². The molecule has 1 N–H and O–H groups in total. The quantitative estimate of drug-likeness (QED) is 0.763. The molecule has 2 unspecified atom stereocenters. The van der Waals surface area contributed by atoms with E-state index in [4.69, 9.17) is 4.74 Å². The summed E-state index contributed by atoms with van der Waals surface area (Å²) < 4.78 is 19.5. The van der Waals surface area contributed by atoms with E-state index >= 15 is 0 Å². The first-order valence-corrected chi connectivity index (χ1v) is 6.33. The Labute approximate surface area is 91.6 Å². The minimum absolute atomic E-state index is 0.107. The molecular formula is C12H22FNO. The van der Waals surface area contributed by atoms with E-state index < -0.39 is 6.17 Å². The van der Waals surface area contributed by atoms with Gasteiger partial charge in [0, 0.05) is 19.3 Å². The van der Waals surface area contributed by atoms with Gasteiger partial charge in [-0.05, 0) is 38.1 Å². The smallest absolute Gasteiger partial charge is 0.118 e. The molecule has 2 aliphatic rings. The molecule has 2 heterocycles. The van der Waals surface area contributed by atoms with Gasteiger partial charge in [0.05, 0.1) is 0 Å². The maximum atomic E-state index is 14.2. The maximum absolute atomic E-state index is 14.2. The lowest BCUT2D eigenvalue weighted by molar-refractivity contribution is 0.0263. The Morgan fingerprint density at radius 2 is 1.87 bits per heavy atom. The molecule has 2 rings (SSSR count). The van der Waals surface area contributed by atoms with E-state index in [1.807, 2.05) is 0 Å². The van der Waals surface area contributed by atoms with Crippen LogP contribution in [0.4, 0.5) is 4.39 Å². The summed E-state index contributed by atoms with van der Waals surface area (Å²) in [5.74, 6) is 0.231. The Hall–Kier alpha value is -0.150. The van der Waals surface area contributed by atoms with Crippen molar-refractivity contribution in [2.75, 3.05) is 19.8 Å². The number of ether oxygens (including phenoxy) is 1. The van der Waals surface area contributed by atoms with Gasteiger partial charge in [-0.2, -0.15) is 0 Å². The predicted octanol–water partition coefficient (Wildman–Crippen LogP) is 2.28. The van der Waals surface area contributed by atoms with Crippen LogP contribution in [0.5, 0.6) is 0 Å². The van der Waals surface area contributed by atoms with E-state index in [0.29, 0.717) is 0 Å². The normalized spacial score (nSPS) is 32.2. The lowest BCUT2D eigenvalue weighted by Crippen LogP contribution is -2.42. The third-order valence-electron chi connectivity index (χ3n) is 3.70. The molecule has 88 valence electrons. The zero-order valence-corrected chi connectivity index (χ0v) is 9.38. The van der Waals surface area contributed by atoms with Crippen LogP contribution in [-0.4, -0.2) is 32.0 Å². The topological polar surface area (TPSA) is 21.3 Å². The molecule has 3 heteroatoms. The summed E-state index contributed by atoms with van der Waals surface area (Å²) in [6.07, 6.45) is 5.80. The summed E-state index contributed by atoms with van der Waals surface area (Å²) in [5.41, 5.74) is 0. The second-order valence-electron chi connectivity index (χ2n) is 4.80. The molecule has 0 aliphatic carbocycles. The van der Waals surface area contributed by atoms with Gasteiger partial charge in [-0.15, -0.1) is 0 Å². The highest BCUT2D eigenvalue weighted by atomic mass is 19.1. The summed E-state index contributed by atoms with van der Waals surface area (Å²) in [6, 6.07) is 0.107. The lowest BCUT2D eigenvalue weighted by Gasteiger charge is -2.30. The van der Waals surface area contributed by atoms with E-state index in [1.165, 1.54) is 19.3 Å². The second kappa shape index (κ2) is 5.80. The molecule has 2 aliphatic heterocycles. The maximum Gasteiger partial charge on any atom is 0.118 e. The molecule has 0 bridgehead atoms.